The molecule has 7 nitrogen and oxygen atoms in total. The highest BCUT2D eigenvalue weighted by atomic mass is 16.4. The lowest BCUT2D eigenvalue weighted by Gasteiger charge is -2.23. The fourth-order valence-electron chi connectivity index (χ4n) is 1.77. The molecule has 0 aliphatic rings. The van der Waals surface area contributed by atoms with E-state index in [9.17, 15) is 14.4 Å². The van der Waals surface area contributed by atoms with Crippen molar-refractivity contribution in [1.29, 1.82) is 0 Å². The maximum Gasteiger partial charge on any atom is 0.314 e. The second-order valence-electron chi connectivity index (χ2n) is 6.47. The lowest BCUT2D eigenvalue weighted by Crippen LogP contribution is -2.41. The van der Waals surface area contributed by atoms with E-state index in [-0.39, 0.29) is 30.8 Å². The number of carbonyl (C=O) groups excluding carboxylic acids is 2. The number of nitrogens with zero attached hydrogens (tertiary/aromatic N) is 1. The number of amides is 3. The number of carboxylic acids is 1. The van der Waals surface area contributed by atoms with Crippen molar-refractivity contribution >= 4 is 17.9 Å². The molecule has 1 atom stereocenters. The van der Waals surface area contributed by atoms with Crippen LogP contribution in [-0.4, -0.2) is 55.1 Å². The van der Waals surface area contributed by atoms with Crippen LogP contribution < -0.4 is 10.6 Å². The van der Waals surface area contributed by atoms with Gasteiger partial charge in [0, 0.05) is 33.6 Å². The van der Waals surface area contributed by atoms with Gasteiger partial charge in [0.25, 0.3) is 0 Å². The quantitative estimate of drug-likeness (QED) is 0.650. The summed E-state index contributed by atoms with van der Waals surface area (Å²) in [6.07, 6.45) is 0.687. The van der Waals surface area contributed by atoms with Crippen LogP contribution in [0.3, 0.4) is 0 Å². The number of carboxylic acid groups (broad SMARTS) is 1. The fourth-order valence-corrected chi connectivity index (χ4v) is 1.77. The van der Waals surface area contributed by atoms with Gasteiger partial charge in [0.1, 0.15) is 0 Å². The molecule has 0 spiro atoms. The van der Waals surface area contributed by atoms with E-state index >= 15 is 0 Å². The summed E-state index contributed by atoms with van der Waals surface area (Å²) < 4.78 is 0. The molecule has 0 fully saturated rings. The van der Waals surface area contributed by atoms with E-state index in [0.29, 0.717) is 6.42 Å². The largest absolute Gasteiger partial charge is 0.481 e. The summed E-state index contributed by atoms with van der Waals surface area (Å²) in [5, 5.41) is 14.2. The lowest BCUT2D eigenvalue weighted by atomic mass is 9.84. The highest BCUT2D eigenvalue weighted by Gasteiger charge is 2.24. The Labute approximate surface area is 126 Å². The molecule has 0 aliphatic carbocycles. The van der Waals surface area contributed by atoms with Crippen LogP contribution >= 0.6 is 0 Å². The Morgan fingerprint density at radius 2 is 1.71 bits per heavy atom. The number of urea groups is 1. The maximum absolute atomic E-state index is 11.5. The first-order valence-electron chi connectivity index (χ1n) is 6.97. The summed E-state index contributed by atoms with van der Waals surface area (Å²) in [5.41, 5.74) is -0.126. The average Bonchev–Trinajstić information content (AvgIpc) is 2.32. The first-order valence-corrected chi connectivity index (χ1v) is 6.97. The van der Waals surface area contributed by atoms with Crippen molar-refractivity contribution in [3.63, 3.8) is 0 Å². The SMILES string of the molecule is CN(C)C(=O)CCNC(=O)NCC(CC(C)(C)C)C(=O)O. The Morgan fingerprint density at radius 1 is 1.14 bits per heavy atom. The van der Waals surface area contributed by atoms with E-state index in [0.717, 1.165) is 0 Å². The molecule has 7 heteroatoms. The Morgan fingerprint density at radius 3 is 2.14 bits per heavy atom. The van der Waals surface area contributed by atoms with E-state index in [2.05, 4.69) is 10.6 Å². The van der Waals surface area contributed by atoms with Crippen LogP contribution in [0.5, 0.6) is 0 Å². The van der Waals surface area contributed by atoms with E-state index in [1.54, 1.807) is 14.1 Å². The van der Waals surface area contributed by atoms with Crippen molar-refractivity contribution in [2.75, 3.05) is 27.2 Å². The number of hydrogen-bond acceptors (Lipinski definition) is 3. The van der Waals surface area contributed by atoms with Crippen molar-refractivity contribution < 1.29 is 19.5 Å². The summed E-state index contributed by atoms with van der Waals surface area (Å²) in [6.45, 7) is 6.15. The van der Waals surface area contributed by atoms with Gasteiger partial charge in [0.2, 0.25) is 5.91 Å². The van der Waals surface area contributed by atoms with E-state index in [4.69, 9.17) is 5.11 Å². The zero-order valence-corrected chi connectivity index (χ0v) is 13.5. The standard InChI is InChI=1S/C14H27N3O4/c1-14(2,3)8-10(12(19)20)9-16-13(21)15-7-6-11(18)17(4)5/h10H,6-9H2,1-5H3,(H,19,20)(H2,15,16,21). The molecule has 0 aromatic rings. The zero-order chi connectivity index (χ0) is 16.6. The van der Waals surface area contributed by atoms with Gasteiger partial charge in [0.15, 0.2) is 0 Å². The van der Waals surface area contributed by atoms with E-state index < -0.39 is 17.9 Å². The molecule has 0 heterocycles. The summed E-state index contributed by atoms with van der Waals surface area (Å²) in [5.74, 6) is -1.63. The minimum atomic E-state index is -0.923. The number of rotatable bonds is 7. The molecular weight excluding hydrogens is 274 g/mol. The van der Waals surface area contributed by atoms with Crippen molar-refractivity contribution in [2.45, 2.75) is 33.6 Å². The summed E-state index contributed by atoms with van der Waals surface area (Å²) >= 11 is 0. The third-order valence-electron chi connectivity index (χ3n) is 2.84. The molecule has 1 unspecified atom stereocenters. The van der Waals surface area contributed by atoms with Crippen LogP contribution in [0.4, 0.5) is 4.79 Å². The van der Waals surface area contributed by atoms with Crippen LogP contribution in [0, 0.1) is 11.3 Å². The van der Waals surface area contributed by atoms with Crippen LogP contribution in [0.25, 0.3) is 0 Å². The van der Waals surface area contributed by atoms with Crippen LogP contribution in [0.15, 0.2) is 0 Å². The van der Waals surface area contributed by atoms with Crippen LogP contribution in [0.2, 0.25) is 0 Å². The molecule has 0 bridgehead atoms. The predicted molar refractivity (Wildman–Crippen MR) is 79.9 cm³/mol. The molecule has 21 heavy (non-hydrogen) atoms. The summed E-state index contributed by atoms with van der Waals surface area (Å²) in [6, 6.07) is -0.457. The fraction of sp³-hybridized carbons (Fsp3) is 0.786. The first kappa shape index (κ1) is 19.2. The van der Waals surface area contributed by atoms with Gasteiger partial charge in [-0.05, 0) is 11.8 Å². The van der Waals surface area contributed by atoms with Crippen molar-refractivity contribution in [1.82, 2.24) is 15.5 Å². The number of carbonyl (C=O) groups is 3. The zero-order valence-electron chi connectivity index (χ0n) is 13.5. The average molecular weight is 301 g/mol. The smallest absolute Gasteiger partial charge is 0.314 e. The lowest BCUT2D eigenvalue weighted by molar-refractivity contribution is -0.142. The highest BCUT2D eigenvalue weighted by Crippen LogP contribution is 2.24. The Kier molecular flexibility index (Phi) is 7.76. The predicted octanol–water partition coefficient (Wildman–Crippen LogP) is 0.901. The van der Waals surface area contributed by atoms with Crippen LogP contribution in [0.1, 0.15) is 33.6 Å². The van der Waals surface area contributed by atoms with Crippen LogP contribution in [-0.2, 0) is 9.59 Å². The highest BCUT2D eigenvalue weighted by molar-refractivity contribution is 5.78. The third kappa shape index (κ3) is 9.70. The first-order chi connectivity index (χ1) is 9.53. The second-order valence-corrected chi connectivity index (χ2v) is 6.47. The van der Waals surface area contributed by atoms with Gasteiger partial charge < -0.3 is 20.6 Å². The molecule has 0 aromatic carbocycles. The van der Waals surface area contributed by atoms with E-state index in [1.807, 2.05) is 20.8 Å². The number of aliphatic carboxylic acids is 1. The second kappa shape index (κ2) is 8.49. The van der Waals surface area contributed by atoms with Crippen molar-refractivity contribution in [3.8, 4) is 0 Å². The minimum absolute atomic E-state index is 0.0695. The Bertz CT molecular complexity index is 375. The van der Waals surface area contributed by atoms with E-state index in [1.165, 1.54) is 4.90 Å². The summed E-state index contributed by atoms with van der Waals surface area (Å²) in [7, 11) is 3.29. The van der Waals surface area contributed by atoms with Gasteiger partial charge in [0.05, 0.1) is 5.92 Å². The molecule has 122 valence electrons. The minimum Gasteiger partial charge on any atom is -0.481 e. The molecule has 0 aromatic heterocycles. The number of nitrogens with one attached hydrogen (secondary N) is 2. The van der Waals surface area contributed by atoms with Crippen molar-refractivity contribution in [3.05, 3.63) is 0 Å². The topological polar surface area (TPSA) is 98.7 Å². The number of hydrogen-bond donors (Lipinski definition) is 3. The summed E-state index contributed by atoms with van der Waals surface area (Å²) in [4.78, 5) is 35.5. The van der Waals surface area contributed by atoms with Gasteiger partial charge in [-0.25, -0.2) is 4.79 Å². The Balaban J connectivity index is 4.09. The van der Waals surface area contributed by atoms with Gasteiger partial charge in [-0.1, -0.05) is 20.8 Å². The van der Waals surface area contributed by atoms with Gasteiger partial charge >= 0.3 is 12.0 Å². The molecule has 0 saturated heterocycles. The van der Waals surface area contributed by atoms with Gasteiger partial charge in [-0.15, -0.1) is 0 Å². The molecule has 3 N–H and O–H groups in total. The normalized spacial score (nSPS) is 12.4. The molecule has 0 saturated carbocycles. The van der Waals surface area contributed by atoms with Gasteiger partial charge in [-0.2, -0.15) is 0 Å². The monoisotopic (exact) mass is 301 g/mol. The molecule has 0 aliphatic heterocycles. The third-order valence-corrected chi connectivity index (χ3v) is 2.84. The molecule has 3 amide bonds. The Hall–Kier alpha value is -1.79. The van der Waals surface area contributed by atoms with Gasteiger partial charge in [-0.3, -0.25) is 9.59 Å². The maximum atomic E-state index is 11.5. The van der Waals surface area contributed by atoms with Crippen molar-refractivity contribution in [2.24, 2.45) is 11.3 Å². The molecule has 0 rings (SSSR count). The molecular formula is C14H27N3O4. The molecule has 0 radical (unpaired) electrons.